The minimum Gasteiger partial charge on any atom is -0.349 e. The van der Waals surface area contributed by atoms with E-state index in [9.17, 15) is 4.79 Å². The summed E-state index contributed by atoms with van der Waals surface area (Å²) >= 11 is 5.89. The standard InChI is InChI=1S/C18H21ClN4O/c1-2-16(22-18(24)11-3-5-12(19)6-4-11)17-14-7-13(8-15(14)17)23-10-20-9-21-23/h3-6,9-10,13-17H,2,7-8H2,1H3,(H,22,24). The Morgan fingerprint density at radius 3 is 2.62 bits per heavy atom. The average molecular weight is 345 g/mol. The summed E-state index contributed by atoms with van der Waals surface area (Å²) in [7, 11) is 0. The van der Waals surface area contributed by atoms with Crippen LogP contribution in [0.15, 0.2) is 36.9 Å². The number of aromatic nitrogens is 3. The molecule has 0 saturated heterocycles. The second kappa shape index (κ2) is 6.20. The Balaban J connectivity index is 1.36. The lowest BCUT2D eigenvalue weighted by atomic mass is 9.99. The lowest BCUT2D eigenvalue weighted by Crippen LogP contribution is -2.37. The number of carbonyl (C=O) groups is 1. The van der Waals surface area contributed by atoms with Gasteiger partial charge < -0.3 is 5.32 Å². The van der Waals surface area contributed by atoms with Gasteiger partial charge in [0.15, 0.2) is 0 Å². The van der Waals surface area contributed by atoms with Crippen molar-refractivity contribution >= 4 is 17.5 Å². The van der Waals surface area contributed by atoms with E-state index < -0.39 is 0 Å². The third-order valence-corrected chi connectivity index (χ3v) is 5.88. The molecule has 1 aromatic carbocycles. The van der Waals surface area contributed by atoms with Crippen molar-refractivity contribution in [3.63, 3.8) is 0 Å². The molecule has 3 unspecified atom stereocenters. The predicted octanol–water partition coefficient (Wildman–Crippen LogP) is 3.34. The number of carbonyl (C=O) groups excluding carboxylic acids is 1. The second-order valence-electron chi connectivity index (χ2n) is 6.90. The quantitative estimate of drug-likeness (QED) is 0.905. The molecule has 1 heterocycles. The molecule has 1 amide bonds. The van der Waals surface area contributed by atoms with Crippen LogP contribution < -0.4 is 5.32 Å². The molecule has 2 fully saturated rings. The second-order valence-corrected chi connectivity index (χ2v) is 7.34. The van der Waals surface area contributed by atoms with Crippen LogP contribution in [0.2, 0.25) is 5.02 Å². The number of fused-ring (bicyclic) bond motifs is 1. The van der Waals surface area contributed by atoms with Crippen molar-refractivity contribution in [2.45, 2.75) is 38.3 Å². The summed E-state index contributed by atoms with van der Waals surface area (Å²) in [6.45, 7) is 2.15. The molecule has 126 valence electrons. The van der Waals surface area contributed by atoms with E-state index in [0.29, 0.717) is 34.4 Å². The third kappa shape index (κ3) is 2.81. The van der Waals surface area contributed by atoms with E-state index in [1.54, 1.807) is 30.6 Å². The number of hydrogen-bond donors (Lipinski definition) is 1. The van der Waals surface area contributed by atoms with Crippen LogP contribution in [0.5, 0.6) is 0 Å². The largest absolute Gasteiger partial charge is 0.349 e. The summed E-state index contributed by atoms with van der Waals surface area (Å²) in [4.78, 5) is 16.5. The smallest absolute Gasteiger partial charge is 0.251 e. The highest BCUT2D eigenvalue weighted by Crippen LogP contribution is 2.62. The molecular weight excluding hydrogens is 324 g/mol. The van der Waals surface area contributed by atoms with Gasteiger partial charge in [-0.15, -0.1) is 0 Å². The first-order valence-corrected chi connectivity index (χ1v) is 8.95. The molecule has 4 rings (SSSR count). The van der Waals surface area contributed by atoms with Gasteiger partial charge in [-0.2, -0.15) is 5.10 Å². The number of rotatable bonds is 5. The average Bonchev–Trinajstić information content (AvgIpc) is 3.02. The Bertz CT molecular complexity index is 703. The van der Waals surface area contributed by atoms with Crippen molar-refractivity contribution in [3.8, 4) is 0 Å². The fourth-order valence-electron chi connectivity index (χ4n) is 4.41. The lowest BCUT2D eigenvalue weighted by molar-refractivity contribution is 0.0926. The molecule has 0 aliphatic heterocycles. The van der Waals surface area contributed by atoms with Gasteiger partial charge in [0.25, 0.3) is 5.91 Å². The van der Waals surface area contributed by atoms with Crippen LogP contribution in [0.4, 0.5) is 0 Å². The SMILES string of the molecule is CCC(NC(=O)c1ccc(Cl)cc1)C1C2CC(n3cncn3)CC21. The van der Waals surface area contributed by atoms with Gasteiger partial charge in [-0.3, -0.25) is 4.79 Å². The van der Waals surface area contributed by atoms with Crippen molar-refractivity contribution in [2.24, 2.45) is 17.8 Å². The minimum absolute atomic E-state index is 0.00341. The molecule has 1 aromatic heterocycles. The van der Waals surface area contributed by atoms with Gasteiger partial charge in [0.1, 0.15) is 12.7 Å². The Morgan fingerprint density at radius 1 is 1.33 bits per heavy atom. The number of nitrogens with zero attached hydrogens (tertiary/aromatic N) is 3. The van der Waals surface area contributed by atoms with Gasteiger partial charge in [0.2, 0.25) is 0 Å². The summed E-state index contributed by atoms with van der Waals surface area (Å²) in [6.07, 6.45) is 6.66. The molecule has 0 spiro atoms. The van der Waals surface area contributed by atoms with Crippen molar-refractivity contribution in [2.75, 3.05) is 0 Å². The number of benzene rings is 1. The fourth-order valence-corrected chi connectivity index (χ4v) is 4.53. The third-order valence-electron chi connectivity index (χ3n) is 5.62. The monoisotopic (exact) mass is 344 g/mol. The highest BCUT2D eigenvalue weighted by Gasteiger charge is 2.59. The van der Waals surface area contributed by atoms with E-state index in [1.165, 1.54) is 0 Å². The van der Waals surface area contributed by atoms with Gasteiger partial charge >= 0.3 is 0 Å². The minimum atomic E-state index is -0.00341. The molecule has 5 nitrogen and oxygen atoms in total. The predicted molar refractivity (Wildman–Crippen MR) is 91.8 cm³/mol. The van der Waals surface area contributed by atoms with E-state index in [-0.39, 0.29) is 11.9 Å². The van der Waals surface area contributed by atoms with Crippen LogP contribution in [0.1, 0.15) is 42.6 Å². The Labute approximate surface area is 146 Å². The summed E-state index contributed by atoms with van der Waals surface area (Å²) in [5.74, 6) is 2.01. The number of amides is 1. The van der Waals surface area contributed by atoms with Crippen LogP contribution in [0.3, 0.4) is 0 Å². The first-order chi connectivity index (χ1) is 11.7. The molecule has 24 heavy (non-hydrogen) atoms. The number of nitrogens with one attached hydrogen (secondary N) is 1. The first kappa shape index (κ1) is 15.6. The summed E-state index contributed by atoms with van der Waals surface area (Å²) in [5, 5.41) is 8.14. The summed E-state index contributed by atoms with van der Waals surface area (Å²) in [6, 6.07) is 7.79. The van der Waals surface area contributed by atoms with E-state index in [2.05, 4.69) is 22.3 Å². The van der Waals surface area contributed by atoms with Crippen LogP contribution in [0, 0.1) is 17.8 Å². The maximum Gasteiger partial charge on any atom is 0.251 e. The fraction of sp³-hybridized carbons (Fsp3) is 0.500. The van der Waals surface area contributed by atoms with Gasteiger partial charge in [-0.25, -0.2) is 9.67 Å². The van der Waals surface area contributed by atoms with Gasteiger partial charge in [0.05, 0.1) is 6.04 Å². The van der Waals surface area contributed by atoms with E-state index in [1.807, 2.05) is 11.0 Å². The Morgan fingerprint density at radius 2 is 2.04 bits per heavy atom. The normalized spacial score (nSPS) is 29.1. The molecule has 0 radical (unpaired) electrons. The molecule has 2 aliphatic rings. The van der Waals surface area contributed by atoms with E-state index in [0.717, 1.165) is 19.3 Å². The van der Waals surface area contributed by atoms with Crippen molar-refractivity contribution in [1.82, 2.24) is 20.1 Å². The molecule has 0 bridgehead atoms. The van der Waals surface area contributed by atoms with Crippen LogP contribution in [-0.4, -0.2) is 26.7 Å². The van der Waals surface area contributed by atoms with E-state index in [4.69, 9.17) is 11.6 Å². The molecule has 3 atom stereocenters. The van der Waals surface area contributed by atoms with Crippen LogP contribution in [-0.2, 0) is 0 Å². The topological polar surface area (TPSA) is 59.8 Å². The van der Waals surface area contributed by atoms with Gasteiger partial charge in [0, 0.05) is 16.6 Å². The maximum absolute atomic E-state index is 12.5. The molecule has 6 heteroatoms. The highest BCUT2D eigenvalue weighted by molar-refractivity contribution is 6.30. The number of hydrogen-bond acceptors (Lipinski definition) is 3. The van der Waals surface area contributed by atoms with Crippen molar-refractivity contribution in [1.29, 1.82) is 0 Å². The molecule has 2 saturated carbocycles. The zero-order chi connectivity index (χ0) is 16.7. The zero-order valence-electron chi connectivity index (χ0n) is 13.6. The zero-order valence-corrected chi connectivity index (χ0v) is 14.4. The summed E-state index contributed by atoms with van der Waals surface area (Å²) < 4.78 is 1.98. The van der Waals surface area contributed by atoms with Crippen molar-refractivity contribution in [3.05, 3.63) is 47.5 Å². The Kier molecular flexibility index (Phi) is 4.04. The van der Waals surface area contributed by atoms with Crippen molar-refractivity contribution < 1.29 is 4.79 Å². The lowest BCUT2D eigenvalue weighted by Gasteiger charge is -2.21. The summed E-state index contributed by atoms with van der Waals surface area (Å²) in [5.41, 5.74) is 0.671. The highest BCUT2D eigenvalue weighted by atomic mass is 35.5. The molecular formula is C18H21ClN4O. The molecule has 1 N–H and O–H groups in total. The first-order valence-electron chi connectivity index (χ1n) is 8.58. The number of halogens is 1. The van der Waals surface area contributed by atoms with Gasteiger partial charge in [-0.05, 0) is 61.3 Å². The van der Waals surface area contributed by atoms with Gasteiger partial charge in [-0.1, -0.05) is 18.5 Å². The van der Waals surface area contributed by atoms with Crippen LogP contribution >= 0.6 is 11.6 Å². The van der Waals surface area contributed by atoms with Crippen LogP contribution in [0.25, 0.3) is 0 Å². The maximum atomic E-state index is 12.5. The van der Waals surface area contributed by atoms with E-state index >= 15 is 0 Å². The Hall–Kier alpha value is -1.88. The molecule has 2 aliphatic carbocycles. The molecule has 2 aromatic rings.